The summed E-state index contributed by atoms with van der Waals surface area (Å²) in [5.41, 5.74) is 3.00. The molecule has 0 saturated heterocycles. The predicted octanol–water partition coefficient (Wildman–Crippen LogP) is -0.829. The maximum Gasteiger partial charge on any atom is -0.0149 e. The van der Waals surface area contributed by atoms with Gasteiger partial charge in [0.25, 0.3) is 0 Å². The first-order valence-electron chi connectivity index (χ1n) is 9.33. The first-order valence-corrected chi connectivity index (χ1v) is 14.0. The summed E-state index contributed by atoms with van der Waals surface area (Å²) in [6.45, 7) is 6.95. The molecule has 1 nitrogen and oxygen atoms in total. The summed E-state index contributed by atoms with van der Waals surface area (Å²) in [6.07, 6.45) is 2.53. The van der Waals surface area contributed by atoms with Gasteiger partial charge >= 0.3 is 155 Å². The number of fused-ring (bicyclic) bond motifs is 6. The molecule has 0 bridgehead atoms. The monoisotopic (exact) mass is 467 g/mol. The van der Waals surface area contributed by atoms with Crippen LogP contribution in [0.4, 0.5) is 0 Å². The number of hydrogen-bond donors (Lipinski definition) is 1. The molecule has 28 heavy (non-hydrogen) atoms. The number of halogens is 2. The molecule has 1 aliphatic carbocycles. The summed E-state index contributed by atoms with van der Waals surface area (Å²) in [5.74, 6) is 0.505. The van der Waals surface area contributed by atoms with Gasteiger partial charge in [0.1, 0.15) is 0 Å². The summed E-state index contributed by atoms with van der Waals surface area (Å²) >= 11 is -2.23. The Hall–Kier alpha value is -0.609. The molecular weight excluding hydrogens is 437 g/mol. The van der Waals surface area contributed by atoms with Crippen LogP contribution in [0.5, 0.6) is 0 Å². The Kier molecular flexibility index (Phi) is 8.60. The Morgan fingerprint density at radius 2 is 1.29 bits per heavy atom. The van der Waals surface area contributed by atoms with Gasteiger partial charge < -0.3 is 24.8 Å². The van der Waals surface area contributed by atoms with Crippen molar-refractivity contribution in [3.8, 4) is 0 Å². The van der Waals surface area contributed by atoms with Crippen molar-refractivity contribution < 1.29 is 41.7 Å². The average molecular weight is 468 g/mol. The minimum Gasteiger partial charge on any atom is -1.00 e. The molecule has 0 aromatic heterocycles. The quantitative estimate of drug-likeness (QED) is 0.391. The van der Waals surface area contributed by atoms with E-state index in [4.69, 9.17) is 0 Å². The Balaban J connectivity index is 0.00000131. The van der Waals surface area contributed by atoms with Crippen LogP contribution in [0.3, 0.4) is 0 Å². The molecule has 5 heteroatoms. The maximum absolute atomic E-state index is 3.94. The zero-order valence-corrected chi connectivity index (χ0v) is 19.7. The molecule has 1 atom stereocenters. The van der Waals surface area contributed by atoms with E-state index in [1.807, 2.05) is 0 Å². The summed E-state index contributed by atoms with van der Waals surface area (Å²) in [5, 5.41) is 10.6. The minimum absolute atomic E-state index is 0. The van der Waals surface area contributed by atoms with Crippen molar-refractivity contribution in [2.45, 2.75) is 43.2 Å². The van der Waals surface area contributed by atoms with Crippen molar-refractivity contribution >= 4 is 38.6 Å². The second kappa shape index (κ2) is 9.47. The molecule has 0 spiro atoms. The van der Waals surface area contributed by atoms with Gasteiger partial charge in [-0.05, 0) is 11.0 Å². The minimum atomic E-state index is -2.23. The topological polar surface area (TPSA) is 12.0 Å². The summed E-state index contributed by atoms with van der Waals surface area (Å²) in [7, 11) is 0. The van der Waals surface area contributed by atoms with Crippen LogP contribution in [0.1, 0.15) is 37.8 Å². The van der Waals surface area contributed by atoms with Crippen molar-refractivity contribution in [3.05, 3.63) is 63.5 Å². The molecule has 1 aliphatic rings. The second-order valence-corrected chi connectivity index (χ2v) is 14.6. The van der Waals surface area contributed by atoms with Crippen LogP contribution in [-0.4, -0.2) is 17.0 Å². The first kappa shape index (κ1) is 25.4. The normalized spacial score (nSPS) is 14.9. The number of benzene rings is 3. The molecule has 0 saturated carbocycles. The van der Waals surface area contributed by atoms with E-state index in [2.05, 4.69) is 89.6 Å². The van der Waals surface area contributed by atoms with E-state index in [1.165, 1.54) is 32.7 Å². The molecule has 150 valence electrons. The molecular formula is C23H31Cl2NSiTi. The third-order valence-electron chi connectivity index (χ3n) is 5.59. The summed E-state index contributed by atoms with van der Waals surface area (Å²) in [4.78, 5) is 0. The number of nitrogens with one attached hydrogen (secondary N) is 1. The Morgan fingerprint density at radius 3 is 1.82 bits per heavy atom. The smallest absolute Gasteiger partial charge is 0.0149 e. The molecule has 3 aromatic carbocycles. The van der Waals surface area contributed by atoms with E-state index >= 15 is 0 Å². The summed E-state index contributed by atoms with van der Waals surface area (Å²) in [6, 6.07) is 18.4. The Labute approximate surface area is 189 Å². The van der Waals surface area contributed by atoms with Gasteiger partial charge in [0.2, 0.25) is 0 Å². The van der Waals surface area contributed by atoms with E-state index in [-0.39, 0.29) is 35.8 Å². The fourth-order valence-electron chi connectivity index (χ4n) is 4.78. The third kappa shape index (κ3) is 4.14. The SMILES string of the molecule is CC(C)[NH][Ti+2]([CH3])([CH3])[C]1=Cc2c(c3ccccc3c3ccccc23)C1C.[Cl-].[Cl-].[SiH4]. The average Bonchev–Trinajstić information content (AvgIpc) is 2.93. The molecule has 0 aliphatic heterocycles. The van der Waals surface area contributed by atoms with E-state index in [9.17, 15) is 0 Å². The number of rotatable bonds is 3. The van der Waals surface area contributed by atoms with Gasteiger partial charge in [0.05, 0.1) is 0 Å². The molecule has 3 aromatic rings. The third-order valence-corrected chi connectivity index (χ3v) is 10.8. The predicted molar refractivity (Wildman–Crippen MR) is 119 cm³/mol. The number of hydrogen-bond acceptors (Lipinski definition) is 1. The van der Waals surface area contributed by atoms with E-state index in [1.54, 1.807) is 3.88 Å². The van der Waals surface area contributed by atoms with Crippen molar-refractivity contribution in [3.63, 3.8) is 0 Å². The summed E-state index contributed by atoms with van der Waals surface area (Å²) < 4.78 is 5.61. The first-order chi connectivity index (χ1) is 11.9. The van der Waals surface area contributed by atoms with Gasteiger partial charge in [-0.25, -0.2) is 0 Å². The fourth-order valence-corrected chi connectivity index (χ4v) is 10.00. The van der Waals surface area contributed by atoms with Crippen LogP contribution in [0, 0.1) is 0 Å². The molecule has 4 rings (SSSR count). The van der Waals surface area contributed by atoms with E-state index in [0.717, 1.165) is 0 Å². The Morgan fingerprint density at radius 1 is 0.821 bits per heavy atom. The van der Waals surface area contributed by atoms with Crippen LogP contribution in [0.2, 0.25) is 10.5 Å². The van der Waals surface area contributed by atoms with Crippen LogP contribution in [-0.2, 0) is 16.8 Å². The zero-order valence-electron chi connectivity index (χ0n) is 16.6. The van der Waals surface area contributed by atoms with Crippen molar-refractivity contribution in [1.82, 2.24) is 3.80 Å². The Bertz CT molecular complexity index is 1010. The number of allylic oxidation sites excluding steroid dienone is 1. The van der Waals surface area contributed by atoms with Crippen LogP contribution >= 0.6 is 0 Å². The van der Waals surface area contributed by atoms with Crippen molar-refractivity contribution in [2.75, 3.05) is 0 Å². The van der Waals surface area contributed by atoms with E-state index in [0.29, 0.717) is 12.0 Å². The van der Waals surface area contributed by atoms with Gasteiger partial charge in [-0.1, -0.05) is 0 Å². The molecule has 1 unspecified atom stereocenters. The largest absolute Gasteiger partial charge is 1.00 e. The molecule has 0 fully saturated rings. The van der Waals surface area contributed by atoms with Gasteiger partial charge in [0.15, 0.2) is 0 Å². The molecule has 0 amide bonds. The van der Waals surface area contributed by atoms with Crippen LogP contribution in [0.15, 0.2) is 52.4 Å². The second-order valence-electron chi connectivity index (χ2n) is 8.16. The van der Waals surface area contributed by atoms with Crippen LogP contribution in [0.25, 0.3) is 27.6 Å². The fraction of sp³-hybridized carbons (Fsp3) is 0.304. The standard InChI is InChI=1S/C18H13.C3H8N.2CH3.2ClH.H4Si.Ti/c1-12-10-11-17-15-8-3-2-6-13(15)14-7-4-5-9-16(14)18(12)17;1-3(2)4;;;;;;/h2-9,11-12H,1H3;3-4H,1-2H3;2*1H3;2*1H;1H4;/q;-1;;;;;;+3/p-2. The molecule has 1 N–H and O–H groups in total. The maximum atomic E-state index is 3.94. The molecule has 0 heterocycles. The molecule has 0 radical (unpaired) electrons. The van der Waals surface area contributed by atoms with Crippen molar-refractivity contribution in [1.29, 1.82) is 0 Å². The van der Waals surface area contributed by atoms with Crippen molar-refractivity contribution in [2.24, 2.45) is 0 Å². The van der Waals surface area contributed by atoms with Gasteiger partial charge in [0, 0.05) is 0 Å². The zero-order chi connectivity index (χ0) is 17.8. The van der Waals surface area contributed by atoms with Gasteiger partial charge in [-0.3, -0.25) is 0 Å². The van der Waals surface area contributed by atoms with E-state index < -0.39 is 16.8 Å². The van der Waals surface area contributed by atoms with Crippen LogP contribution < -0.4 is 28.6 Å². The van der Waals surface area contributed by atoms with Gasteiger partial charge in [-0.15, -0.1) is 0 Å². The van der Waals surface area contributed by atoms with Gasteiger partial charge in [-0.2, -0.15) is 0 Å².